The molecule has 12 heavy (non-hydrogen) atoms. The minimum atomic E-state index is 0.663. The largest absolute Gasteiger partial charge is 0.238 e. The van der Waals surface area contributed by atoms with Crippen LogP contribution in [0.4, 0.5) is 0 Å². The van der Waals surface area contributed by atoms with Gasteiger partial charge in [-0.1, -0.05) is 0 Å². The van der Waals surface area contributed by atoms with E-state index in [0.717, 1.165) is 16.5 Å². The van der Waals surface area contributed by atoms with Gasteiger partial charge in [-0.3, -0.25) is 0 Å². The van der Waals surface area contributed by atoms with Gasteiger partial charge in [0.25, 0.3) is 0 Å². The van der Waals surface area contributed by atoms with Crippen LogP contribution < -0.4 is 0 Å². The van der Waals surface area contributed by atoms with Gasteiger partial charge in [0.1, 0.15) is 5.82 Å². The van der Waals surface area contributed by atoms with E-state index in [1.165, 1.54) is 12.8 Å². The number of aromatic nitrogens is 2. The van der Waals surface area contributed by atoms with Crippen molar-refractivity contribution in [3.8, 4) is 0 Å². The Balaban J connectivity index is 2.34. The van der Waals surface area contributed by atoms with Crippen molar-refractivity contribution in [2.45, 2.75) is 30.7 Å². The third kappa shape index (κ3) is 1.61. The van der Waals surface area contributed by atoms with E-state index < -0.39 is 0 Å². The summed E-state index contributed by atoms with van der Waals surface area (Å²) in [7, 11) is 0. The third-order valence-electron chi connectivity index (χ3n) is 2.00. The Labute approximate surface area is 76.8 Å². The van der Waals surface area contributed by atoms with Crippen molar-refractivity contribution in [3.63, 3.8) is 0 Å². The molecule has 1 heterocycles. The van der Waals surface area contributed by atoms with E-state index in [4.69, 9.17) is 0 Å². The summed E-state index contributed by atoms with van der Waals surface area (Å²) in [5.41, 5.74) is 1.09. The van der Waals surface area contributed by atoms with Gasteiger partial charge in [-0.15, -0.1) is 11.8 Å². The molecule has 1 aromatic heterocycles. The quantitative estimate of drug-likeness (QED) is 0.516. The Kier molecular flexibility index (Phi) is 2.05. The number of hydrogen-bond donors (Lipinski definition) is 0. The van der Waals surface area contributed by atoms with Crippen LogP contribution in [-0.4, -0.2) is 16.2 Å². The summed E-state index contributed by atoms with van der Waals surface area (Å²) in [6, 6.07) is 2.04. The molecule has 64 valence electrons. The van der Waals surface area contributed by atoms with Gasteiger partial charge in [0.15, 0.2) is 0 Å². The van der Waals surface area contributed by atoms with Crippen LogP contribution in [0.25, 0.3) is 0 Å². The Hall–Kier alpha value is -0.570. The monoisotopic (exact) mass is 180 g/mol. The van der Waals surface area contributed by atoms with E-state index >= 15 is 0 Å². The number of aryl methyl sites for hydroxylation is 1. The number of nitrogens with zero attached hydrogens (tertiary/aromatic N) is 2. The zero-order chi connectivity index (χ0) is 8.55. The lowest BCUT2D eigenvalue weighted by Crippen LogP contribution is -1.95. The van der Waals surface area contributed by atoms with Gasteiger partial charge < -0.3 is 0 Å². The summed E-state index contributed by atoms with van der Waals surface area (Å²) in [5.74, 6) is 1.72. The number of rotatable bonds is 2. The Morgan fingerprint density at radius 3 is 2.75 bits per heavy atom. The molecule has 1 saturated carbocycles. The maximum atomic E-state index is 4.47. The number of hydrogen-bond acceptors (Lipinski definition) is 3. The van der Waals surface area contributed by atoms with Crippen molar-refractivity contribution in [3.05, 3.63) is 17.6 Å². The molecule has 2 rings (SSSR count). The molecule has 0 amide bonds. The van der Waals surface area contributed by atoms with E-state index in [9.17, 15) is 0 Å². The van der Waals surface area contributed by atoms with Gasteiger partial charge in [0.05, 0.1) is 5.03 Å². The maximum Gasteiger partial charge on any atom is 0.132 e. The van der Waals surface area contributed by atoms with Crippen LogP contribution in [0.15, 0.2) is 11.1 Å². The zero-order valence-corrected chi connectivity index (χ0v) is 8.19. The molecular weight excluding hydrogens is 168 g/mol. The fourth-order valence-corrected chi connectivity index (χ4v) is 1.66. The first kappa shape index (κ1) is 8.05. The van der Waals surface area contributed by atoms with Crippen molar-refractivity contribution in [2.24, 2.45) is 0 Å². The van der Waals surface area contributed by atoms with Gasteiger partial charge >= 0.3 is 0 Å². The molecule has 1 fully saturated rings. The highest BCUT2D eigenvalue weighted by molar-refractivity contribution is 7.98. The standard InChI is InChI=1S/C9H12N2S/c1-6-5-8(12-2)11-9(10-6)7-3-4-7/h5,7H,3-4H2,1-2H3. The Bertz CT molecular complexity index is 295. The van der Waals surface area contributed by atoms with E-state index in [-0.39, 0.29) is 0 Å². The average molecular weight is 180 g/mol. The molecular formula is C9H12N2S. The lowest BCUT2D eigenvalue weighted by atomic mass is 10.3. The van der Waals surface area contributed by atoms with E-state index in [2.05, 4.69) is 16.2 Å². The smallest absolute Gasteiger partial charge is 0.132 e. The van der Waals surface area contributed by atoms with Gasteiger partial charge in [-0.05, 0) is 32.1 Å². The summed E-state index contributed by atoms with van der Waals surface area (Å²) in [6.45, 7) is 2.04. The van der Waals surface area contributed by atoms with Crippen molar-refractivity contribution >= 4 is 11.8 Å². The molecule has 1 aliphatic carbocycles. The molecule has 0 spiro atoms. The average Bonchev–Trinajstić information content (AvgIpc) is 2.85. The molecule has 3 heteroatoms. The Morgan fingerprint density at radius 1 is 1.42 bits per heavy atom. The summed E-state index contributed by atoms with van der Waals surface area (Å²) >= 11 is 1.69. The van der Waals surface area contributed by atoms with Crippen molar-refractivity contribution in [2.75, 3.05) is 6.26 Å². The fourth-order valence-electron chi connectivity index (χ4n) is 1.19. The van der Waals surface area contributed by atoms with Crippen LogP contribution in [0.3, 0.4) is 0 Å². The second-order valence-electron chi connectivity index (χ2n) is 3.18. The Morgan fingerprint density at radius 2 is 2.17 bits per heavy atom. The van der Waals surface area contributed by atoms with Gasteiger partial charge in [0, 0.05) is 11.6 Å². The summed E-state index contributed by atoms with van der Waals surface area (Å²) in [4.78, 5) is 8.89. The minimum Gasteiger partial charge on any atom is -0.238 e. The van der Waals surface area contributed by atoms with E-state index in [1.54, 1.807) is 11.8 Å². The van der Waals surface area contributed by atoms with Crippen LogP contribution >= 0.6 is 11.8 Å². The highest BCUT2D eigenvalue weighted by atomic mass is 32.2. The predicted molar refractivity (Wildman–Crippen MR) is 50.5 cm³/mol. The summed E-state index contributed by atoms with van der Waals surface area (Å²) in [5, 5.41) is 1.10. The number of thioether (sulfide) groups is 1. The molecule has 1 aliphatic rings. The first-order valence-electron chi connectivity index (χ1n) is 4.19. The second kappa shape index (κ2) is 3.05. The van der Waals surface area contributed by atoms with Gasteiger partial charge in [-0.25, -0.2) is 9.97 Å². The molecule has 0 unspecified atom stereocenters. The topological polar surface area (TPSA) is 25.8 Å². The molecule has 1 aromatic rings. The maximum absolute atomic E-state index is 4.47. The van der Waals surface area contributed by atoms with Crippen LogP contribution in [0.5, 0.6) is 0 Å². The van der Waals surface area contributed by atoms with E-state index in [1.807, 2.05) is 13.0 Å². The molecule has 0 atom stereocenters. The molecule has 0 radical (unpaired) electrons. The normalized spacial score (nSPS) is 16.5. The summed E-state index contributed by atoms with van der Waals surface area (Å²) < 4.78 is 0. The first-order valence-corrected chi connectivity index (χ1v) is 5.41. The highest BCUT2D eigenvalue weighted by Gasteiger charge is 2.26. The van der Waals surface area contributed by atoms with Crippen molar-refractivity contribution in [1.82, 2.24) is 9.97 Å². The first-order chi connectivity index (χ1) is 5.79. The second-order valence-corrected chi connectivity index (χ2v) is 4.01. The zero-order valence-electron chi connectivity index (χ0n) is 7.37. The van der Waals surface area contributed by atoms with Gasteiger partial charge in [-0.2, -0.15) is 0 Å². The predicted octanol–water partition coefficient (Wildman–Crippen LogP) is 2.38. The molecule has 0 N–H and O–H groups in total. The van der Waals surface area contributed by atoms with Crippen LogP contribution in [0.1, 0.15) is 30.3 Å². The van der Waals surface area contributed by atoms with Crippen LogP contribution in [0, 0.1) is 6.92 Å². The molecule has 0 bridgehead atoms. The van der Waals surface area contributed by atoms with Crippen LogP contribution in [0.2, 0.25) is 0 Å². The van der Waals surface area contributed by atoms with Gasteiger partial charge in [0.2, 0.25) is 0 Å². The molecule has 0 aromatic carbocycles. The van der Waals surface area contributed by atoms with Crippen molar-refractivity contribution < 1.29 is 0 Å². The van der Waals surface area contributed by atoms with Crippen LogP contribution in [-0.2, 0) is 0 Å². The highest BCUT2D eigenvalue weighted by Crippen LogP contribution is 2.38. The lowest BCUT2D eigenvalue weighted by Gasteiger charge is -2.01. The van der Waals surface area contributed by atoms with Crippen molar-refractivity contribution in [1.29, 1.82) is 0 Å². The molecule has 0 aliphatic heterocycles. The fraction of sp³-hybridized carbons (Fsp3) is 0.556. The van der Waals surface area contributed by atoms with E-state index in [0.29, 0.717) is 5.92 Å². The summed E-state index contributed by atoms with van der Waals surface area (Å²) in [6.07, 6.45) is 4.60. The molecule has 0 saturated heterocycles. The minimum absolute atomic E-state index is 0.663. The SMILES string of the molecule is CSc1cc(C)nc(C2CC2)n1. The molecule has 2 nitrogen and oxygen atoms in total. The lowest BCUT2D eigenvalue weighted by molar-refractivity contribution is 0.859. The third-order valence-corrected chi connectivity index (χ3v) is 2.63.